The molecule has 39 heavy (non-hydrogen) atoms. The van der Waals surface area contributed by atoms with Crippen LogP contribution >= 0.6 is 0 Å². The van der Waals surface area contributed by atoms with Crippen molar-refractivity contribution in [1.82, 2.24) is 34.6 Å². The van der Waals surface area contributed by atoms with Crippen molar-refractivity contribution in [1.29, 1.82) is 0 Å². The summed E-state index contributed by atoms with van der Waals surface area (Å²) in [6.07, 6.45) is 12.7. The normalized spacial score (nSPS) is 14.1. The second-order valence-electron chi connectivity index (χ2n) is 9.92. The fourth-order valence-electron chi connectivity index (χ4n) is 5.10. The van der Waals surface area contributed by atoms with Crippen molar-refractivity contribution < 1.29 is 9.47 Å². The van der Waals surface area contributed by atoms with Crippen LogP contribution in [0.1, 0.15) is 42.5 Å². The molecule has 1 saturated heterocycles. The maximum Gasteiger partial charge on any atom is 0.212 e. The van der Waals surface area contributed by atoms with Crippen LogP contribution in [0.15, 0.2) is 67.5 Å². The van der Waals surface area contributed by atoms with Gasteiger partial charge in [0.05, 0.1) is 32.2 Å². The Morgan fingerprint density at radius 2 is 1.82 bits per heavy atom. The first-order valence-electron chi connectivity index (χ1n) is 13.5. The molecular weight excluding hydrogens is 490 g/mol. The van der Waals surface area contributed by atoms with E-state index in [1.807, 2.05) is 30.9 Å². The van der Waals surface area contributed by atoms with Gasteiger partial charge in [-0.25, -0.2) is 15.0 Å². The van der Waals surface area contributed by atoms with Gasteiger partial charge in [0.25, 0.3) is 0 Å². The summed E-state index contributed by atoms with van der Waals surface area (Å²) in [6.45, 7) is 5.37. The van der Waals surface area contributed by atoms with Gasteiger partial charge in [-0.15, -0.1) is 0 Å². The second-order valence-corrected chi connectivity index (χ2v) is 9.92. The average molecular weight is 524 g/mol. The van der Waals surface area contributed by atoms with Gasteiger partial charge in [-0.2, -0.15) is 5.10 Å². The first-order valence-corrected chi connectivity index (χ1v) is 13.5. The predicted molar refractivity (Wildman–Crippen MR) is 150 cm³/mol. The van der Waals surface area contributed by atoms with Gasteiger partial charge >= 0.3 is 0 Å². The summed E-state index contributed by atoms with van der Waals surface area (Å²) in [6, 6.07) is 12.7. The van der Waals surface area contributed by atoms with Crippen LogP contribution in [0.4, 0.5) is 0 Å². The molecule has 1 aliphatic heterocycles. The van der Waals surface area contributed by atoms with Crippen molar-refractivity contribution in [2.75, 3.05) is 20.2 Å². The first kappa shape index (κ1) is 25.1. The van der Waals surface area contributed by atoms with Gasteiger partial charge in [0, 0.05) is 41.3 Å². The molecule has 0 bridgehead atoms. The zero-order valence-electron chi connectivity index (χ0n) is 22.4. The van der Waals surface area contributed by atoms with E-state index in [0.717, 1.165) is 66.0 Å². The minimum Gasteiger partial charge on any atom is -0.489 e. The van der Waals surface area contributed by atoms with Crippen LogP contribution < -0.4 is 14.8 Å². The number of ether oxygens (including phenoxy) is 2. The zero-order chi connectivity index (χ0) is 26.6. The number of nitrogens with one attached hydrogen (secondary N) is 1. The summed E-state index contributed by atoms with van der Waals surface area (Å²) in [5.74, 6) is 1.49. The zero-order valence-corrected chi connectivity index (χ0v) is 22.4. The molecule has 4 aromatic heterocycles. The van der Waals surface area contributed by atoms with Gasteiger partial charge in [-0.1, -0.05) is 19.1 Å². The van der Waals surface area contributed by atoms with Crippen LogP contribution in [0.2, 0.25) is 0 Å². The standard InChI is InChI=1S/C30H33N7O2/c1-3-23-12-21(4-6-28(23)39-19-22-5-7-29(38-2)32-14-22)17-36-20-34-27-13-24(15-33-30(27)36)25-16-35-37(18-25)26-8-10-31-11-9-26/h4-7,12-16,18,20,26,31H,3,8-11,17,19H2,1-2H3. The van der Waals surface area contributed by atoms with Crippen LogP contribution in [-0.2, 0) is 19.6 Å². The average Bonchev–Trinajstić information content (AvgIpc) is 3.65. The van der Waals surface area contributed by atoms with Crippen LogP contribution in [-0.4, -0.2) is 49.5 Å². The van der Waals surface area contributed by atoms with Gasteiger partial charge in [0.15, 0.2) is 5.65 Å². The highest BCUT2D eigenvalue weighted by atomic mass is 16.5. The molecule has 5 heterocycles. The lowest BCUT2D eigenvalue weighted by Crippen LogP contribution is -2.29. The van der Waals surface area contributed by atoms with Gasteiger partial charge in [-0.05, 0) is 61.7 Å². The Balaban J connectivity index is 1.15. The number of benzene rings is 1. The van der Waals surface area contributed by atoms with Crippen molar-refractivity contribution in [2.24, 2.45) is 0 Å². The number of pyridine rings is 2. The quantitative estimate of drug-likeness (QED) is 0.296. The van der Waals surface area contributed by atoms with Crippen LogP contribution in [0.3, 0.4) is 0 Å². The third-order valence-corrected chi connectivity index (χ3v) is 7.33. The number of hydrogen-bond donors (Lipinski definition) is 1. The molecule has 1 fully saturated rings. The van der Waals surface area contributed by atoms with E-state index in [9.17, 15) is 0 Å². The Bertz CT molecular complexity index is 1550. The molecule has 9 heteroatoms. The number of imidazole rings is 1. The molecule has 0 radical (unpaired) electrons. The summed E-state index contributed by atoms with van der Waals surface area (Å²) in [5, 5.41) is 8.05. The van der Waals surface area contributed by atoms with E-state index < -0.39 is 0 Å². The highest BCUT2D eigenvalue weighted by Gasteiger charge is 2.17. The van der Waals surface area contributed by atoms with E-state index >= 15 is 0 Å². The lowest BCUT2D eigenvalue weighted by atomic mass is 10.1. The summed E-state index contributed by atoms with van der Waals surface area (Å²) in [4.78, 5) is 13.7. The van der Waals surface area contributed by atoms with E-state index in [1.165, 1.54) is 11.1 Å². The predicted octanol–water partition coefficient (Wildman–Crippen LogP) is 4.81. The lowest BCUT2D eigenvalue weighted by molar-refractivity contribution is 0.302. The third-order valence-electron chi connectivity index (χ3n) is 7.33. The summed E-state index contributed by atoms with van der Waals surface area (Å²) in [5.41, 5.74) is 7.20. The highest BCUT2D eigenvalue weighted by Crippen LogP contribution is 2.27. The van der Waals surface area contributed by atoms with Crippen LogP contribution in [0, 0.1) is 0 Å². The molecule has 1 N–H and O–H groups in total. The number of rotatable bonds is 9. The Kier molecular flexibility index (Phi) is 7.23. The van der Waals surface area contributed by atoms with Crippen LogP contribution in [0.5, 0.6) is 11.6 Å². The maximum atomic E-state index is 6.12. The van der Waals surface area contributed by atoms with E-state index in [0.29, 0.717) is 25.1 Å². The Morgan fingerprint density at radius 1 is 0.949 bits per heavy atom. The van der Waals surface area contributed by atoms with Crippen molar-refractivity contribution in [3.63, 3.8) is 0 Å². The van der Waals surface area contributed by atoms with Gasteiger partial charge < -0.3 is 19.4 Å². The molecule has 0 saturated carbocycles. The van der Waals surface area contributed by atoms with E-state index in [4.69, 9.17) is 14.5 Å². The molecule has 5 aromatic rings. The van der Waals surface area contributed by atoms with Gasteiger partial charge in [0.1, 0.15) is 17.9 Å². The molecule has 0 amide bonds. The highest BCUT2D eigenvalue weighted by molar-refractivity contribution is 5.77. The molecular formula is C30H33N7O2. The number of methoxy groups -OCH3 is 1. The molecule has 0 unspecified atom stereocenters. The summed E-state index contributed by atoms with van der Waals surface area (Å²) in [7, 11) is 1.61. The van der Waals surface area contributed by atoms with E-state index in [-0.39, 0.29) is 0 Å². The second kappa shape index (κ2) is 11.2. The smallest absolute Gasteiger partial charge is 0.212 e. The number of aromatic nitrogens is 6. The van der Waals surface area contributed by atoms with Crippen molar-refractivity contribution in [2.45, 2.75) is 45.4 Å². The van der Waals surface area contributed by atoms with Crippen molar-refractivity contribution in [3.05, 3.63) is 84.2 Å². The maximum absolute atomic E-state index is 6.12. The number of piperidine rings is 1. The molecule has 0 aliphatic carbocycles. The van der Waals surface area contributed by atoms with E-state index in [2.05, 4.69) is 67.0 Å². The molecule has 0 spiro atoms. The lowest BCUT2D eigenvalue weighted by Gasteiger charge is -2.22. The Hall–Kier alpha value is -4.24. The number of fused-ring (bicyclic) bond motifs is 1. The van der Waals surface area contributed by atoms with Crippen LogP contribution in [0.25, 0.3) is 22.3 Å². The van der Waals surface area contributed by atoms with Gasteiger partial charge in [0.2, 0.25) is 5.88 Å². The van der Waals surface area contributed by atoms with Crippen molar-refractivity contribution in [3.8, 4) is 22.8 Å². The molecule has 1 aliphatic rings. The molecule has 6 rings (SSSR count). The Morgan fingerprint density at radius 3 is 2.62 bits per heavy atom. The number of nitrogens with zero attached hydrogens (tertiary/aromatic N) is 6. The summed E-state index contributed by atoms with van der Waals surface area (Å²) >= 11 is 0. The topological polar surface area (TPSA) is 91.9 Å². The number of aryl methyl sites for hydroxylation is 1. The SMILES string of the molecule is CCc1cc(Cn2cnc3cc(-c4cnn(C5CCNCC5)c4)cnc32)ccc1OCc1ccc(OC)nc1. The molecule has 9 nitrogen and oxygen atoms in total. The van der Waals surface area contributed by atoms with Gasteiger partial charge in [-0.3, -0.25) is 4.68 Å². The fraction of sp³-hybridized carbons (Fsp3) is 0.333. The number of hydrogen-bond acceptors (Lipinski definition) is 7. The first-order chi connectivity index (χ1) is 19.2. The fourth-order valence-corrected chi connectivity index (χ4v) is 5.10. The van der Waals surface area contributed by atoms with Crippen molar-refractivity contribution >= 4 is 11.2 Å². The minimum atomic E-state index is 0.457. The summed E-state index contributed by atoms with van der Waals surface area (Å²) < 4.78 is 15.4. The largest absolute Gasteiger partial charge is 0.489 e. The molecule has 200 valence electrons. The Labute approximate surface area is 227 Å². The monoisotopic (exact) mass is 523 g/mol. The molecule has 1 aromatic carbocycles. The minimum absolute atomic E-state index is 0.457. The molecule has 0 atom stereocenters. The third kappa shape index (κ3) is 5.49. The van der Waals surface area contributed by atoms with E-state index in [1.54, 1.807) is 13.3 Å².